The van der Waals surface area contributed by atoms with Crippen LogP contribution in [0.1, 0.15) is 12.8 Å². The van der Waals surface area contributed by atoms with Crippen LogP contribution in [-0.4, -0.2) is 30.5 Å². The Balaban J connectivity index is 2.11. The van der Waals surface area contributed by atoms with E-state index < -0.39 is 7.32 Å². The van der Waals surface area contributed by atoms with Crippen LogP contribution in [0.15, 0.2) is 24.3 Å². The highest BCUT2D eigenvalue weighted by Gasteiger charge is 2.15. The van der Waals surface area contributed by atoms with Crippen LogP contribution in [0.3, 0.4) is 0 Å². The van der Waals surface area contributed by atoms with E-state index in [1.165, 1.54) is 12.8 Å². The van der Waals surface area contributed by atoms with Gasteiger partial charge < -0.3 is 19.6 Å². The van der Waals surface area contributed by atoms with Gasteiger partial charge in [0.1, 0.15) is 5.75 Å². The standard InChI is InChI=1S/C10H14BNO3/c13-11(14)15-10-5-3-4-9(8-10)12-6-1-2-7-12/h3-5,8,13-14H,1-2,6-7H2. The summed E-state index contributed by atoms with van der Waals surface area (Å²) in [6.07, 6.45) is 2.43. The number of nitrogens with zero attached hydrogens (tertiary/aromatic N) is 1. The maximum atomic E-state index is 8.68. The number of anilines is 1. The molecule has 1 saturated heterocycles. The van der Waals surface area contributed by atoms with Crippen LogP contribution < -0.4 is 9.55 Å². The summed E-state index contributed by atoms with van der Waals surface area (Å²) in [7, 11) is -1.75. The quantitative estimate of drug-likeness (QED) is 0.714. The second-order valence-corrected chi connectivity index (χ2v) is 3.64. The van der Waals surface area contributed by atoms with Gasteiger partial charge in [-0.3, -0.25) is 0 Å². The minimum atomic E-state index is -1.75. The van der Waals surface area contributed by atoms with Crippen LogP contribution in [0.4, 0.5) is 5.69 Å². The molecule has 0 spiro atoms. The van der Waals surface area contributed by atoms with Crippen molar-refractivity contribution in [2.75, 3.05) is 18.0 Å². The van der Waals surface area contributed by atoms with Gasteiger partial charge in [0, 0.05) is 24.8 Å². The fraction of sp³-hybridized carbons (Fsp3) is 0.400. The Kier molecular flexibility index (Phi) is 3.13. The summed E-state index contributed by atoms with van der Waals surface area (Å²) in [6.45, 7) is 2.12. The molecule has 1 aromatic carbocycles. The monoisotopic (exact) mass is 207 g/mol. The van der Waals surface area contributed by atoms with Crippen LogP contribution in [0.5, 0.6) is 5.75 Å². The van der Waals surface area contributed by atoms with Crippen molar-refractivity contribution in [2.24, 2.45) is 0 Å². The molecule has 0 unspecified atom stereocenters. The average molecular weight is 207 g/mol. The maximum absolute atomic E-state index is 8.68. The third kappa shape index (κ3) is 2.64. The first kappa shape index (κ1) is 10.3. The third-order valence-electron chi connectivity index (χ3n) is 2.53. The van der Waals surface area contributed by atoms with Crippen molar-refractivity contribution in [3.05, 3.63) is 24.3 Å². The molecule has 4 nitrogen and oxygen atoms in total. The van der Waals surface area contributed by atoms with Crippen molar-refractivity contribution < 1.29 is 14.7 Å². The smallest absolute Gasteiger partial charge is 0.512 e. The predicted molar refractivity (Wildman–Crippen MR) is 58.7 cm³/mol. The lowest BCUT2D eigenvalue weighted by molar-refractivity contribution is 0.288. The molecule has 80 valence electrons. The van der Waals surface area contributed by atoms with Crippen molar-refractivity contribution in [1.29, 1.82) is 0 Å². The molecule has 0 radical (unpaired) electrons. The molecular formula is C10H14BNO3. The molecule has 0 atom stereocenters. The van der Waals surface area contributed by atoms with E-state index in [2.05, 4.69) is 4.90 Å². The predicted octanol–water partition coefficient (Wildman–Crippen LogP) is 0.635. The van der Waals surface area contributed by atoms with E-state index in [1.807, 2.05) is 18.2 Å². The second-order valence-electron chi connectivity index (χ2n) is 3.64. The van der Waals surface area contributed by atoms with Gasteiger partial charge in [-0.1, -0.05) is 6.07 Å². The first-order valence-electron chi connectivity index (χ1n) is 5.13. The summed E-state index contributed by atoms with van der Waals surface area (Å²) in [6, 6.07) is 7.39. The average Bonchev–Trinajstić information content (AvgIpc) is 2.69. The van der Waals surface area contributed by atoms with Crippen LogP contribution in [-0.2, 0) is 0 Å². The zero-order valence-corrected chi connectivity index (χ0v) is 8.47. The van der Waals surface area contributed by atoms with E-state index in [-0.39, 0.29) is 0 Å². The summed E-state index contributed by atoms with van der Waals surface area (Å²) < 4.78 is 4.80. The minimum Gasteiger partial charge on any atom is -0.512 e. The molecule has 1 aliphatic rings. The molecule has 2 rings (SSSR count). The van der Waals surface area contributed by atoms with Gasteiger partial charge in [-0.15, -0.1) is 0 Å². The lowest BCUT2D eigenvalue weighted by atomic mass is 10.2. The molecule has 0 aromatic heterocycles. The largest absolute Gasteiger partial charge is 0.707 e. The Morgan fingerprint density at radius 3 is 2.60 bits per heavy atom. The first-order chi connectivity index (χ1) is 7.25. The number of rotatable bonds is 3. The van der Waals surface area contributed by atoms with Crippen LogP contribution in [0, 0.1) is 0 Å². The SMILES string of the molecule is OB(O)Oc1cccc(N2CCCC2)c1. The van der Waals surface area contributed by atoms with Crippen molar-refractivity contribution in [2.45, 2.75) is 12.8 Å². The van der Waals surface area contributed by atoms with Gasteiger partial charge in [0.2, 0.25) is 0 Å². The molecular weight excluding hydrogens is 193 g/mol. The lowest BCUT2D eigenvalue weighted by Gasteiger charge is -2.18. The minimum absolute atomic E-state index is 0.481. The van der Waals surface area contributed by atoms with E-state index in [0.29, 0.717) is 5.75 Å². The molecule has 0 bridgehead atoms. The lowest BCUT2D eigenvalue weighted by Crippen LogP contribution is -2.21. The summed E-state index contributed by atoms with van der Waals surface area (Å²) in [5.74, 6) is 0.481. The fourth-order valence-corrected chi connectivity index (χ4v) is 1.85. The van der Waals surface area contributed by atoms with Gasteiger partial charge in [-0.2, -0.15) is 0 Å². The van der Waals surface area contributed by atoms with Crippen molar-refractivity contribution >= 4 is 13.0 Å². The summed E-state index contributed by atoms with van der Waals surface area (Å²) in [4.78, 5) is 2.26. The molecule has 1 aliphatic heterocycles. The Bertz CT molecular complexity index is 326. The number of hydrogen-bond donors (Lipinski definition) is 2. The molecule has 1 fully saturated rings. The molecule has 1 heterocycles. The second kappa shape index (κ2) is 4.55. The highest BCUT2D eigenvalue weighted by Crippen LogP contribution is 2.24. The van der Waals surface area contributed by atoms with Gasteiger partial charge >= 0.3 is 7.32 Å². The van der Waals surface area contributed by atoms with E-state index >= 15 is 0 Å². The van der Waals surface area contributed by atoms with E-state index in [4.69, 9.17) is 14.7 Å². The molecule has 0 amide bonds. The van der Waals surface area contributed by atoms with Crippen LogP contribution in [0.2, 0.25) is 0 Å². The highest BCUT2D eigenvalue weighted by atomic mass is 16.6. The third-order valence-corrected chi connectivity index (χ3v) is 2.53. The topological polar surface area (TPSA) is 52.9 Å². The van der Waals surface area contributed by atoms with Crippen molar-refractivity contribution in [3.63, 3.8) is 0 Å². The van der Waals surface area contributed by atoms with Crippen LogP contribution in [0.25, 0.3) is 0 Å². The van der Waals surface area contributed by atoms with Crippen molar-refractivity contribution in [3.8, 4) is 5.75 Å². The normalized spacial score (nSPS) is 15.5. The highest BCUT2D eigenvalue weighted by molar-refractivity contribution is 6.33. The summed E-state index contributed by atoms with van der Waals surface area (Å²) in [5.41, 5.74) is 1.07. The molecule has 1 aromatic rings. The summed E-state index contributed by atoms with van der Waals surface area (Å²) in [5, 5.41) is 17.4. The Morgan fingerprint density at radius 2 is 1.93 bits per heavy atom. The number of hydrogen-bond acceptors (Lipinski definition) is 4. The molecule has 15 heavy (non-hydrogen) atoms. The maximum Gasteiger partial charge on any atom is 0.707 e. The molecule has 2 N–H and O–H groups in total. The molecule has 0 aliphatic carbocycles. The van der Waals surface area contributed by atoms with E-state index in [0.717, 1.165) is 18.8 Å². The van der Waals surface area contributed by atoms with E-state index in [1.54, 1.807) is 6.07 Å². The van der Waals surface area contributed by atoms with Gasteiger partial charge in [0.25, 0.3) is 0 Å². The zero-order chi connectivity index (χ0) is 10.7. The fourth-order valence-electron chi connectivity index (χ4n) is 1.85. The Morgan fingerprint density at radius 1 is 1.20 bits per heavy atom. The molecule has 5 heteroatoms. The van der Waals surface area contributed by atoms with Crippen LogP contribution >= 0.6 is 0 Å². The van der Waals surface area contributed by atoms with Gasteiger partial charge in [-0.25, -0.2) is 0 Å². The van der Waals surface area contributed by atoms with Crippen molar-refractivity contribution in [1.82, 2.24) is 0 Å². The Hall–Kier alpha value is -1.20. The zero-order valence-electron chi connectivity index (χ0n) is 8.47. The van der Waals surface area contributed by atoms with E-state index in [9.17, 15) is 0 Å². The molecule has 0 saturated carbocycles. The van der Waals surface area contributed by atoms with Gasteiger partial charge in [0.15, 0.2) is 0 Å². The summed E-state index contributed by atoms with van der Waals surface area (Å²) >= 11 is 0. The Labute approximate surface area is 89.3 Å². The number of benzene rings is 1. The van der Waals surface area contributed by atoms with Gasteiger partial charge in [-0.05, 0) is 25.0 Å². The van der Waals surface area contributed by atoms with Gasteiger partial charge in [0.05, 0.1) is 0 Å². The first-order valence-corrected chi connectivity index (χ1v) is 5.13.